The first-order valence-electron chi connectivity index (χ1n) is 4.30. The third kappa shape index (κ3) is 3.31. The fraction of sp³-hybridized carbons (Fsp3) is 0.182. The SMILES string of the molecule is CC(OC=Cc1ccccc1)C(=O)O. The first kappa shape index (κ1) is 10.3. The summed E-state index contributed by atoms with van der Waals surface area (Å²) in [6.45, 7) is 1.48. The van der Waals surface area contributed by atoms with Crippen LogP contribution in [-0.2, 0) is 9.53 Å². The van der Waals surface area contributed by atoms with E-state index in [4.69, 9.17) is 9.84 Å². The minimum Gasteiger partial charge on any atom is -0.487 e. The molecule has 0 radical (unpaired) electrons. The molecular formula is C11H12O3. The molecule has 0 fully saturated rings. The molecule has 3 heteroatoms. The molecule has 1 unspecified atom stereocenters. The van der Waals surface area contributed by atoms with Gasteiger partial charge in [0, 0.05) is 0 Å². The molecule has 0 aliphatic heterocycles. The van der Waals surface area contributed by atoms with Crippen LogP contribution < -0.4 is 0 Å². The van der Waals surface area contributed by atoms with Gasteiger partial charge in [-0.3, -0.25) is 0 Å². The van der Waals surface area contributed by atoms with Gasteiger partial charge < -0.3 is 9.84 Å². The van der Waals surface area contributed by atoms with Crippen LogP contribution >= 0.6 is 0 Å². The fourth-order valence-corrected chi connectivity index (χ4v) is 0.858. The fourth-order valence-electron chi connectivity index (χ4n) is 0.858. The Morgan fingerprint density at radius 3 is 2.64 bits per heavy atom. The molecular weight excluding hydrogens is 180 g/mol. The Morgan fingerprint density at radius 2 is 2.07 bits per heavy atom. The topological polar surface area (TPSA) is 46.5 Å². The maximum atomic E-state index is 10.4. The molecule has 0 aliphatic carbocycles. The number of benzene rings is 1. The second-order valence-corrected chi connectivity index (χ2v) is 2.83. The number of carbonyl (C=O) groups is 1. The number of aliphatic carboxylic acids is 1. The first-order chi connectivity index (χ1) is 6.70. The number of hydrogen-bond donors (Lipinski definition) is 1. The number of hydrogen-bond acceptors (Lipinski definition) is 2. The Morgan fingerprint density at radius 1 is 1.43 bits per heavy atom. The van der Waals surface area contributed by atoms with Crippen LogP contribution in [0.25, 0.3) is 6.08 Å². The highest BCUT2D eigenvalue weighted by Crippen LogP contribution is 2.02. The zero-order valence-electron chi connectivity index (χ0n) is 7.88. The second kappa shape index (κ2) is 5.07. The van der Waals surface area contributed by atoms with Gasteiger partial charge in [-0.05, 0) is 18.6 Å². The van der Waals surface area contributed by atoms with Gasteiger partial charge in [-0.2, -0.15) is 0 Å². The van der Waals surface area contributed by atoms with E-state index in [0.717, 1.165) is 5.56 Å². The van der Waals surface area contributed by atoms with Gasteiger partial charge in [0.25, 0.3) is 0 Å². The number of carboxylic acids is 1. The molecule has 1 rings (SSSR count). The molecule has 74 valence electrons. The highest BCUT2D eigenvalue weighted by atomic mass is 16.5. The van der Waals surface area contributed by atoms with Crippen LogP contribution in [0.2, 0.25) is 0 Å². The van der Waals surface area contributed by atoms with Crippen molar-refractivity contribution in [2.24, 2.45) is 0 Å². The molecule has 14 heavy (non-hydrogen) atoms. The summed E-state index contributed by atoms with van der Waals surface area (Å²) < 4.78 is 4.93. The maximum Gasteiger partial charge on any atom is 0.344 e. The maximum absolute atomic E-state index is 10.4. The molecule has 0 aromatic heterocycles. The van der Waals surface area contributed by atoms with Gasteiger partial charge in [-0.15, -0.1) is 0 Å². The molecule has 0 heterocycles. The Balaban J connectivity index is 2.46. The van der Waals surface area contributed by atoms with Crippen molar-refractivity contribution in [2.45, 2.75) is 13.0 Å². The van der Waals surface area contributed by atoms with Crippen molar-refractivity contribution in [1.29, 1.82) is 0 Å². The van der Waals surface area contributed by atoms with Crippen molar-refractivity contribution in [2.75, 3.05) is 0 Å². The zero-order chi connectivity index (χ0) is 10.4. The van der Waals surface area contributed by atoms with Gasteiger partial charge >= 0.3 is 5.97 Å². The molecule has 1 aromatic carbocycles. The molecule has 0 aliphatic rings. The predicted octanol–water partition coefficient (Wildman–Crippen LogP) is 2.15. The van der Waals surface area contributed by atoms with Crippen LogP contribution in [0.3, 0.4) is 0 Å². The monoisotopic (exact) mass is 192 g/mol. The second-order valence-electron chi connectivity index (χ2n) is 2.83. The van der Waals surface area contributed by atoms with Crippen LogP contribution in [0.4, 0.5) is 0 Å². The highest BCUT2D eigenvalue weighted by Gasteiger charge is 2.08. The van der Waals surface area contributed by atoms with Crippen molar-refractivity contribution in [1.82, 2.24) is 0 Å². The van der Waals surface area contributed by atoms with Crippen molar-refractivity contribution in [3.8, 4) is 0 Å². The van der Waals surface area contributed by atoms with Crippen LogP contribution in [0, 0.1) is 0 Å². The van der Waals surface area contributed by atoms with Gasteiger partial charge in [0.15, 0.2) is 6.10 Å². The Bertz CT molecular complexity index is 317. The zero-order valence-corrected chi connectivity index (χ0v) is 7.88. The molecule has 0 bridgehead atoms. The third-order valence-electron chi connectivity index (χ3n) is 1.69. The smallest absolute Gasteiger partial charge is 0.344 e. The number of carboxylic acid groups (broad SMARTS) is 1. The van der Waals surface area contributed by atoms with Gasteiger partial charge in [0.1, 0.15) is 0 Å². The lowest BCUT2D eigenvalue weighted by molar-refractivity contribution is -0.145. The molecule has 0 saturated carbocycles. The average Bonchev–Trinajstić information content (AvgIpc) is 2.19. The Kier molecular flexibility index (Phi) is 3.73. The van der Waals surface area contributed by atoms with E-state index in [1.807, 2.05) is 30.3 Å². The Labute approximate surface area is 82.6 Å². The van der Waals surface area contributed by atoms with Crippen molar-refractivity contribution >= 4 is 12.0 Å². The van der Waals surface area contributed by atoms with Crippen LogP contribution in [0.1, 0.15) is 12.5 Å². The largest absolute Gasteiger partial charge is 0.487 e. The summed E-state index contributed by atoms with van der Waals surface area (Å²) in [6.07, 6.45) is 2.31. The third-order valence-corrected chi connectivity index (χ3v) is 1.69. The van der Waals surface area contributed by atoms with Gasteiger partial charge in [-0.25, -0.2) is 4.79 Å². The molecule has 1 N–H and O–H groups in total. The van der Waals surface area contributed by atoms with E-state index in [9.17, 15) is 4.79 Å². The minimum absolute atomic E-state index is 0.810. The standard InChI is InChI=1S/C11H12O3/c1-9(11(12)13)14-8-7-10-5-3-2-4-6-10/h2-9H,1H3,(H,12,13). The van der Waals surface area contributed by atoms with Crippen LogP contribution in [-0.4, -0.2) is 17.2 Å². The summed E-state index contributed by atoms with van der Waals surface area (Å²) in [4.78, 5) is 10.4. The van der Waals surface area contributed by atoms with E-state index in [2.05, 4.69) is 0 Å². The molecule has 3 nitrogen and oxygen atoms in total. The van der Waals surface area contributed by atoms with Crippen molar-refractivity contribution < 1.29 is 14.6 Å². The lowest BCUT2D eigenvalue weighted by Crippen LogP contribution is -2.16. The van der Waals surface area contributed by atoms with Gasteiger partial charge in [-0.1, -0.05) is 30.3 Å². The number of rotatable bonds is 4. The highest BCUT2D eigenvalue weighted by molar-refractivity contribution is 5.71. The quantitative estimate of drug-likeness (QED) is 0.743. The van der Waals surface area contributed by atoms with E-state index < -0.39 is 12.1 Å². The molecule has 1 aromatic rings. The van der Waals surface area contributed by atoms with Gasteiger partial charge in [0.05, 0.1) is 6.26 Å². The normalized spacial score (nSPS) is 12.6. The van der Waals surface area contributed by atoms with Crippen LogP contribution in [0.5, 0.6) is 0 Å². The summed E-state index contributed by atoms with van der Waals surface area (Å²) in [6, 6.07) is 9.54. The summed E-state index contributed by atoms with van der Waals surface area (Å²) >= 11 is 0. The molecule has 0 spiro atoms. The van der Waals surface area contributed by atoms with Crippen LogP contribution in [0.15, 0.2) is 36.6 Å². The summed E-state index contributed by atoms with van der Waals surface area (Å²) in [5, 5.41) is 8.52. The van der Waals surface area contributed by atoms with Gasteiger partial charge in [0.2, 0.25) is 0 Å². The van der Waals surface area contributed by atoms with Crippen molar-refractivity contribution in [3.63, 3.8) is 0 Å². The predicted molar refractivity (Wildman–Crippen MR) is 53.7 cm³/mol. The summed E-state index contributed by atoms with van der Waals surface area (Å²) in [7, 11) is 0. The average molecular weight is 192 g/mol. The van der Waals surface area contributed by atoms with E-state index in [0.29, 0.717) is 0 Å². The molecule has 1 atom stereocenters. The first-order valence-corrected chi connectivity index (χ1v) is 4.30. The molecule has 0 amide bonds. The number of ether oxygens (including phenoxy) is 1. The van der Waals surface area contributed by atoms with Crippen molar-refractivity contribution in [3.05, 3.63) is 42.2 Å². The van der Waals surface area contributed by atoms with E-state index in [1.165, 1.54) is 13.2 Å². The van der Waals surface area contributed by atoms with E-state index in [1.54, 1.807) is 6.08 Å². The summed E-state index contributed by atoms with van der Waals surface area (Å²) in [5.41, 5.74) is 0.977. The lowest BCUT2D eigenvalue weighted by atomic mass is 10.2. The minimum atomic E-state index is -0.970. The lowest BCUT2D eigenvalue weighted by Gasteiger charge is -2.04. The van der Waals surface area contributed by atoms with E-state index in [-0.39, 0.29) is 0 Å². The Hall–Kier alpha value is -1.77. The molecule has 0 saturated heterocycles. The summed E-state index contributed by atoms with van der Waals surface area (Å²) in [5.74, 6) is -0.970. The van der Waals surface area contributed by atoms with E-state index >= 15 is 0 Å².